The number of carbonyl (C=O) groups excluding carboxylic acids is 1. The summed E-state index contributed by atoms with van der Waals surface area (Å²) >= 11 is 0. The maximum atomic E-state index is 14.6. The van der Waals surface area contributed by atoms with Crippen molar-refractivity contribution in [1.29, 1.82) is 0 Å². The van der Waals surface area contributed by atoms with Crippen LogP contribution in [0.15, 0.2) is 78.9 Å². The molecule has 4 aromatic rings. The normalized spacial score (nSPS) is 20.7. The summed E-state index contributed by atoms with van der Waals surface area (Å²) in [5.41, 5.74) is 9.54. The van der Waals surface area contributed by atoms with Crippen LogP contribution in [0.1, 0.15) is 29.5 Å². The van der Waals surface area contributed by atoms with E-state index in [1.807, 2.05) is 78.9 Å². The van der Waals surface area contributed by atoms with Crippen LogP contribution in [0.3, 0.4) is 0 Å². The van der Waals surface area contributed by atoms with Crippen LogP contribution in [0, 0.1) is 0 Å². The number of fused-ring (bicyclic) bond motifs is 1. The fourth-order valence-electron chi connectivity index (χ4n) is 5.90. The number of benzene rings is 3. The minimum atomic E-state index is -2.49. The maximum absolute atomic E-state index is 14.6. The lowest BCUT2D eigenvalue weighted by Crippen LogP contribution is -2.51. The molecule has 0 bridgehead atoms. The fraction of sp³-hybridized carbons (Fsp3) is 0.375. The quantitative estimate of drug-likeness (QED) is 0.0688. The van der Waals surface area contributed by atoms with Crippen molar-refractivity contribution in [2.75, 3.05) is 25.7 Å². The molecule has 3 aromatic carbocycles. The van der Waals surface area contributed by atoms with Crippen LogP contribution in [0.4, 0.5) is 10.6 Å². The maximum Gasteiger partial charge on any atom is 0.329 e. The first-order valence-electron chi connectivity index (χ1n) is 14.9. The van der Waals surface area contributed by atoms with Gasteiger partial charge >= 0.3 is 14.6 Å². The molecule has 0 radical (unpaired) electrons. The lowest BCUT2D eigenvalue weighted by atomic mass is 9.91. The molecule has 1 aromatic heterocycles. The second-order valence-corrected chi connectivity index (χ2v) is 12.0. The molecule has 13 heteroatoms. The molecule has 4 atom stereocenters. The van der Waals surface area contributed by atoms with E-state index in [4.69, 9.17) is 20.3 Å². The van der Waals surface area contributed by atoms with Crippen molar-refractivity contribution in [3.63, 3.8) is 0 Å². The van der Waals surface area contributed by atoms with Gasteiger partial charge in [0.2, 0.25) is 0 Å². The number of nitrogen functional groups attached to an aromatic ring is 1. The average Bonchev–Trinajstić information content (AvgIpc) is 3.40. The molecule has 12 nitrogen and oxygen atoms in total. The van der Waals surface area contributed by atoms with Crippen LogP contribution in [-0.4, -0.2) is 90.3 Å². The van der Waals surface area contributed by atoms with Gasteiger partial charge in [0.05, 0.1) is 17.6 Å². The van der Waals surface area contributed by atoms with E-state index in [1.54, 1.807) is 9.80 Å². The zero-order chi connectivity index (χ0) is 31.8. The van der Waals surface area contributed by atoms with Crippen molar-refractivity contribution in [3.05, 3.63) is 95.6 Å². The number of anilines is 1. The van der Waals surface area contributed by atoms with Crippen LogP contribution < -0.4 is 5.73 Å². The second kappa shape index (κ2) is 15.6. The molecular formula is C32H40N5O7P. The Morgan fingerprint density at radius 1 is 0.844 bits per heavy atom. The number of aromatic nitrogens is 2. The number of H-pyrrole nitrogens is 1. The highest BCUT2D eigenvalue weighted by Crippen LogP contribution is 2.30. The first kappa shape index (κ1) is 32.8. The summed E-state index contributed by atoms with van der Waals surface area (Å²) in [5, 5.41) is 31.3. The molecule has 45 heavy (non-hydrogen) atoms. The number of aliphatic hydroxyl groups is 2. The van der Waals surface area contributed by atoms with E-state index in [9.17, 15) is 15.0 Å². The standard InChI is InChI=1S/C32H40N5O7P/c33-31-25-17-24(13-14-26(25)34-35-31)20-37-28(19-23-11-5-2-6-12-23)30(39)29(38)27(18-22-9-3-1-4-10-22)36(32(37)40)15-7-8-16-43-21-44-45(41)42/h1-6,9-14,17,27-30,38-39,41-42H,7-8,15-16,18-21H2,(H3,33,34,35)/t27-,28-,29+,30+/m1/s1. The minimum absolute atomic E-state index is 0.182. The molecule has 0 saturated carbocycles. The average molecular weight is 638 g/mol. The number of rotatable bonds is 14. The molecular weight excluding hydrogens is 597 g/mol. The van der Waals surface area contributed by atoms with Gasteiger partial charge in [0.1, 0.15) is 12.2 Å². The predicted molar refractivity (Wildman–Crippen MR) is 171 cm³/mol. The largest absolute Gasteiger partial charge is 0.388 e. The molecule has 0 unspecified atom stereocenters. The molecule has 1 fully saturated rings. The molecule has 1 aliphatic heterocycles. The Labute approximate surface area is 263 Å². The van der Waals surface area contributed by atoms with Crippen molar-refractivity contribution in [3.8, 4) is 0 Å². The second-order valence-electron chi connectivity index (χ2n) is 11.2. The van der Waals surface area contributed by atoms with Crippen LogP contribution in [0.5, 0.6) is 0 Å². The molecule has 1 aliphatic rings. The van der Waals surface area contributed by atoms with Crippen molar-refractivity contribution >= 4 is 31.4 Å². The molecule has 2 amide bonds. The monoisotopic (exact) mass is 637 g/mol. The minimum Gasteiger partial charge on any atom is -0.388 e. The van der Waals surface area contributed by atoms with E-state index < -0.39 is 32.9 Å². The van der Waals surface area contributed by atoms with Gasteiger partial charge in [-0.2, -0.15) is 5.10 Å². The summed E-state index contributed by atoms with van der Waals surface area (Å²) in [5.74, 6) is 0.358. The molecule has 0 spiro atoms. The van der Waals surface area contributed by atoms with Crippen molar-refractivity contribution in [1.82, 2.24) is 20.0 Å². The zero-order valence-corrected chi connectivity index (χ0v) is 25.7. The summed E-state index contributed by atoms with van der Waals surface area (Å²) in [6.07, 6.45) is -0.654. The van der Waals surface area contributed by atoms with E-state index in [0.29, 0.717) is 38.0 Å². The van der Waals surface area contributed by atoms with Crippen molar-refractivity contribution in [2.45, 2.75) is 56.5 Å². The number of nitrogens with zero attached hydrogens (tertiary/aromatic N) is 3. The SMILES string of the molecule is Nc1n[nH]c2ccc(CN3C(=O)N(CCCCOCOP(O)O)[C@H](Cc4ccccc4)[C@H](O)[C@@H](O)[C@H]3Cc3ccccc3)cc12. The number of carbonyl (C=O) groups is 1. The Kier molecular flexibility index (Phi) is 11.4. The molecule has 5 rings (SSSR count). The Hall–Kier alpha value is -3.61. The van der Waals surface area contributed by atoms with Crippen LogP contribution >= 0.6 is 8.60 Å². The number of nitrogens with two attached hydrogens (primary N) is 1. The van der Waals surface area contributed by atoms with Crippen LogP contribution in [0.25, 0.3) is 10.9 Å². The van der Waals surface area contributed by atoms with Gasteiger partial charge in [0, 0.05) is 25.1 Å². The highest BCUT2D eigenvalue weighted by Gasteiger charge is 2.46. The number of aromatic amines is 1. The number of hydrogen-bond donors (Lipinski definition) is 6. The number of unbranched alkanes of at least 4 members (excludes halogenated alkanes) is 1. The van der Waals surface area contributed by atoms with Gasteiger partial charge in [-0.25, -0.2) is 4.79 Å². The Balaban J connectivity index is 1.46. The summed E-state index contributed by atoms with van der Waals surface area (Å²) in [6.45, 7) is 0.524. The van der Waals surface area contributed by atoms with E-state index in [1.165, 1.54) is 0 Å². The highest BCUT2D eigenvalue weighted by molar-refractivity contribution is 7.39. The van der Waals surface area contributed by atoms with Crippen molar-refractivity contribution in [2.24, 2.45) is 0 Å². The van der Waals surface area contributed by atoms with Gasteiger partial charge in [0.15, 0.2) is 12.6 Å². The number of hydrogen-bond acceptors (Lipinski definition) is 9. The molecule has 7 N–H and O–H groups in total. The predicted octanol–water partition coefficient (Wildman–Crippen LogP) is 3.31. The number of aliphatic hydroxyl groups excluding tert-OH is 2. The topological polar surface area (TPSA) is 178 Å². The third-order valence-electron chi connectivity index (χ3n) is 8.20. The Morgan fingerprint density at radius 2 is 1.47 bits per heavy atom. The summed E-state index contributed by atoms with van der Waals surface area (Å²) < 4.78 is 9.97. The lowest BCUT2D eigenvalue weighted by molar-refractivity contribution is -0.0405. The zero-order valence-electron chi connectivity index (χ0n) is 24.9. The van der Waals surface area contributed by atoms with Crippen LogP contribution in [-0.2, 0) is 28.6 Å². The van der Waals surface area contributed by atoms with E-state index in [-0.39, 0.29) is 26.0 Å². The van der Waals surface area contributed by atoms with Gasteiger partial charge in [0.25, 0.3) is 0 Å². The van der Waals surface area contributed by atoms with Crippen molar-refractivity contribution < 1.29 is 34.1 Å². The smallest absolute Gasteiger partial charge is 0.329 e. The number of amides is 2. The Morgan fingerprint density at radius 3 is 2.09 bits per heavy atom. The van der Waals surface area contributed by atoms with E-state index >= 15 is 0 Å². The number of urea groups is 1. The molecule has 1 saturated heterocycles. The summed E-state index contributed by atoms with van der Waals surface area (Å²) in [7, 11) is -2.49. The summed E-state index contributed by atoms with van der Waals surface area (Å²) in [4.78, 5) is 35.8. The van der Waals surface area contributed by atoms with Gasteiger partial charge in [-0.1, -0.05) is 66.7 Å². The third kappa shape index (κ3) is 8.36. The molecule has 0 aliphatic carbocycles. The lowest BCUT2D eigenvalue weighted by Gasteiger charge is -2.36. The van der Waals surface area contributed by atoms with Gasteiger partial charge in [-0.3, -0.25) is 9.62 Å². The first-order chi connectivity index (χ1) is 21.8. The third-order valence-corrected chi connectivity index (χ3v) is 8.54. The Bertz CT molecular complexity index is 1510. The number of ether oxygens (including phenoxy) is 1. The molecule has 240 valence electrons. The highest BCUT2D eigenvalue weighted by atomic mass is 31.2. The first-order valence-corrected chi connectivity index (χ1v) is 16.1. The van der Waals surface area contributed by atoms with Gasteiger partial charge in [-0.15, -0.1) is 0 Å². The van der Waals surface area contributed by atoms with E-state index in [0.717, 1.165) is 27.6 Å². The number of nitrogens with one attached hydrogen (secondary N) is 1. The van der Waals surface area contributed by atoms with Crippen LogP contribution in [0.2, 0.25) is 0 Å². The molecule has 2 heterocycles. The summed E-state index contributed by atoms with van der Waals surface area (Å²) in [6, 6.07) is 23.2. The van der Waals surface area contributed by atoms with E-state index in [2.05, 4.69) is 14.7 Å². The fourth-order valence-corrected chi connectivity index (χ4v) is 6.07. The van der Waals surface area contributed by atoms with Gasteiger partial charge in [-0.05, 0) is 54.5 Å². The van der Waals surface area contributed by atoms with Gasteiger partial charge < -0.3 is 40.3 Å².